The molecular formula is C17H15BrO4. The lowest BCUT2D eigenvalue weighted by molar-refractivity contribution is -0.154. The van der Waals surface area contributed by atoms with Crippen molar-refractivity contribution in [2.24, 2.45) is 0 Å². The van der Waals surface area contributed by atoms with Crippen LogP contribution in [0.2, 0.25) is 0 Å². The number of hydrogen-bond acceptors (Lipinski definition) is 4. The number of hydrogen-bond donors (Lipinski definition) is 0. The van der Waals surface area contributed by atoms with E-state index in [9.17, 15) is 9.59 Å². The molecule has 2 rings (SSSR count). The largest absolute Gasteiger partial charge is 0.455 e. The topological polar surface area (TPSA) is 52.6 Å². The van der Waals surface area contributed by atoms with Crippen LogP contribution in [0.5, 0.6) is 0 Å². The Morgan fingerprint density at radius 1 is 1.05 bits per heavy atom. The first-order chi connectivity index (χ1) is 10.6. The zero-order chi connectivity index (χ0) is 15.9. The molecule has 0 spiro atoms. The minimum atomic E-state index is -0.834. The quantitative estimate of drug-likeness (QED) is 0.582. The highest BCUT2D eigenvalue weighted by Crippen LogP contribution is 2.18. The molecule has 0 bridgehead atoms. The third kappa shape index (κ3) is 4.26. The van der Waals surface area contributed by atoms with Crippen LogP contribution in [0.3, 0.4) is 0 Å². The van der Waals surface area contributed by atoms with Crippen LogP contribution in [0.1, 0.15) is 22.0 Å². The molecule has 0 aliphatic rings. The van der Waals surface area contributed by atoms with Crippen molar-refractivity contribution in [3.63, 3.8) is 0 Å². The summed E-state index contributed by atoms with van der Waals surface area (Å²) in [5.74, 6) is -0.845. The minimum absolute atomic E-state index is 0.260. The van der Waals surface area contributed by atoms with E-state index in [0.717, 1.165) is 4.47 Å². The molecule has 0 aromatic heterocycles. The average molecular weight is 363 g/mol. The molecule has 0 amide bonds. The summed E-state index contributed by atoms with van der Waals surface area (Å²) < 4.78 is 11.1. The molecule has 2 aromatic rings. The second kappa shape index (κ2) is 7.87. The number of ketones is 1. The van der Waals surface area contributed by atoms with Crippen molar-refractivity contribution < 1.29 is 19.1 Å². The van der Waals surface area contributed by atoms with Gasteiger partial charge >= 0.3 is 5.97 Å². The Morgan fingerprint density at radius 3 is 2.27 bits per heavy atom. The maximum atomic E-state index is 12.1. The Balaban J connectivity index is 1.96. The Kier molecular flexibility index (Phi) is 5.86. The van der Waals surface area contributed by atoms with Crippen molar-refractivity contribution in [3.05, 3.63) is 70.2 Å². The summed E-state index contributed by atoms with van der Waals surface area (Å²) in [6, 6.07) is 15.9. The van der Waals surface area contributed by atoms with E-state index in [1.165, 1.54) is 7.11 Å². The van der Waals surface area contributed by atoms with Gasteiger partial charge in [0.2, 0.25) is 0 Å². The second-order valence-corrected chi connectivity index (χ2v) is 5.48. The number of Topliss-reactive ketones (excluding diaryl/α,β-unsaturated/α-hetero) is 1. The molecule has 2 aromatic carbocycles. The standard InChI is InChI=1S/C17H15BrO4/c1-21-16(13-5-3-2-4-6-13)17(20)22-11-15(19)12-7-9-14(18)10-8-12/h2-10,16H,11H2,1H3/t16-/m0/s1. The zero-order valence-corrected chi connectivity index (χ0v) is 13.6. The summed E-state index contributed by atoms with van der Waals surface area (Å²) in [5.41, 5.74) is 1.18. The highest BCUT2D eigenvalue weighted by Gasteiger charge is 2.22. The normalized spacial score (nSPS) is 11.7. The van der Waals surface area contributed by atoms with E-state index < -0.39 is 12.1 Å². The van der Waals surface area contributed by atoms with Gasteiger partial charge in [-0.1, -0.05) is 58.4 Å². The van der Waals surface area contributed by atoms with E-state index in [1.54, 1.807) is 36.4 Å². The van der Waals surface area contributed by atoms with Gasteiger partial charge in [-0.05, 0) is 17.7 Å². The van der Waals surface area contributed by atoms with Gasteiger partial charge in [0.05, 0.1) is 0 Å². The molecule has 1 atom stereocenters. The van der Waals surface area contributed by atoms with Crippen LogP contribution in [0.25, 0.3) is 0 Å². The van der Waals surface area contributed by atoms with Crippen molar-refractivity contribution in [1.29, 1.82) is 0 Å². The molecule has 0 heterocycles. The average Bonchev–Trinajstić information content (AvgIpc) is 2.55. The fraction of sp³-hybridized carbons (Fsp3) is 0.176. The molecule has 0 saturated carbocycles. The van der Waals surface area contributed by atoms with Gasteiger partial charge in [-0.3, -0.25) is 4.79 Å². The van der Waals surface area contributed by atoms with Crippen LogP contribution in [-0.2, 0) is 14.3 Å². The lowest BCUT2D eigenvalue weighted by atomic mass is 10.1. The number of esters is 1. The van der Waals surface area contributed by atoms with E-state index in [0.29, 0.717) is 11.1 Å². The van der Waals surface area contributed by atoms with Crippen molar-refractivity contribution in [2.75, 3.05) is 13.7 Å². The van der Waals surface area contributed by atoms with Crippen LogP contribution < -0.4 is 0 Å². The SMILES string of the molecule is CO[C@H](C(=O)OCC(=O)c1ccc(Br)cc1)c1ccccc1. The summed E-state index contributed by atoms with van der Waals surface area (Å²) in [5, 5.41) is 0. The first-order valence-electron chi connectivity index (χ1n) is 6.65. The molecule has 0 radical (unpaired) electrons. The maximum absolute atomic E-state index is 12.1. The highest BCUT2D eigenvalue weighted by atomic mass is 79.9. The number of benzene rings is 2. The number of carbonyl (C=O) groups excluding carboxylic acids is 2. The van der Waals surface area contributed by atoms with Gasteiger partial charge in [-0.25, -0.2) is 4.79 Å². The van der Waals surface area contributed by atoms with Crippen LogP contribution in [0.4, 0.5) is 0 Å². The molecule has 114 valence electrons. The van der Waals surface area contributed by atoms with Gasteiger partial charge in [-0.2, -0.15) is 0 Å². The number of carbonyl (C=O) groups is 2. The third-order valence-electron chi connectivity index (χ3n) is 3.06. The number of rotatable bonds is 6. The number of ether oxygens (including phenoxy) is 2. The lowest BCUT2D eigenvalue weighted by Crippen LogP contribution is -2.21. The molecule has 5 heteroatoms. The Hall–Kier alpha value is -1.98. The van der Waals surface area contributed by atoms with Gasteiger partial charge in [0.25, 0.3) is 0 Å². The van der Waals surface area contributed by atoms with Gasteiger partial charge < -0.3 is 9.47 Å². The van der Waals surface area contributed by atoms with Crippen molar-refractivity contribution in [1.82, 2.24) is 0 Å². The summed E-state index contributed by atoms with van der Waals surface area (Å²) >= 11 is 3.30. The first-order valence-corrected chi connectivity index (χ1v) is 7.44. The van der Waals surface area contributed by atoms with E-state index >= 15 is 0 Å². The Morgan fingerprint density at radius 2 is 1.68 bits per heavy atom. The molecule has 4 nitrogen and oxygen atoms in total. The summed E-state index contributed by atoms with van der Waals surface area (Å²) in [7, 11) is 1.43. The molecule has 0 unspecified atom stereocenters. The Bertz CT molecular complexity index is 637. The summed E-state index contributed by atoms with van der Waals surface area (Å²) in [6.07, 6.45) is -0.834. The smallest absolute Gasteiger partial charge is 0.340 e. The molecule has 0 aliphatic heterocycles. The maximum Gasteiger partial charge on any atom is 0.340 e. The molecule has 0 fully saturated rings. The highest BCUT2D eigenvalue weighted by molar-refractivity contribution is 9.10. The molecule has 0 saturated heterocycles. The molecule has 0 aliphatic carbocycles. The van der Waals surface area contributed by atoms with Gasteiger partial charge in [0.1, 0.15) is 0 Å². The van der Waals surface area contributed by atoms with Crippen LogP contribution in [-0.4, -0.2) is 25.5 Å². The van der Waals surface area contributed by atoms with E-state index in [1.807, 2.05) is 18.2 Å². The van der Waals surface area contributed by atoms with E-state index in [-0.39, 0.29) is 12.4 Å². The third-order valence-corrected chi connectivity index (χ3v) is 3.59. The Labute approximate surface area is 137 Å². The van der Waals surface area contributed by atoms with Crippen molar-refractivity contribution in [2.45, 2.75) is 6.10 Å². The lowest BCUT2D eigenvalue weighted by Gasteiger charge is -2.14. The predicted molar refractivity (Wildman–Crippen MR) is 85.6 cm³/mol. The minimum Gasteiger partial charge on any atom is -0.455 e. The van der Waals surface area contributed by atoms with E-state index in [4.69, 9.17) is 9.47 Å². The van der Waals surface area contributed by atoms with Crippen molar-refractivity contribution in [3.8, 4) is 0 Å². The van der Waals surface area contributed by atoms with E-state index in [2.05, 4.69) is 15.9 Å². The molecule has 22 heavy (non-hydrogen) atoms. The fourth-order valence-corrected chi connectivity index (χ4v) is 2.19. The van der Waals surface area contributed by atoms with Crippen molar-refractivity contribution >= 4 is 27.7 Å². The monoisotopic (exact) mass is 362 g/mol. The fourth-order valence-electron chi connectivity index (χ4n) is 1.93. The van der Waals surface area contributed by atoms with Crippen LogP contribution >= 0.6 is 15.9 Å². The van der Waals surface area contributed by atoms with Crippen LogP contribution in [0.15, 0.2) is 59.1 Å². The van der Waals surface area contributed by atoms with Gasteiger partial charge in [0.15, 0.2) is 18.5 Å². The number of halogens is 1. The molecular weight excluding hydrogens is 348 g/mol. The predicted octanol–water partition coefficient (Wildman–Crippen LogP) is 3.56. The second-order valence-electron chi connectivity index (χ2n) is 4.56. The zero-order valence-electron chi connectivity index (χ0n) is 12.0. The van der Waals surface area contributed by atoms with Gasteiger partial charge in [0, 0.05) is 17.1 Å². The van der Waals surface area contributed by atoms with Crippen LogP contribution in [0, 0.1) is 0 Å². The molecule has 0 N–H and O–H groups in total. The summed E-state index contributed by atoms with van der Waals surface area (Å²) in [6.45, 7) is -0.312. The summed E-state index contributed by atoms with van der Waals surface area (Å²) in [4.78, 5) is 24.0. The van der Waals surface area contributed by atoms with Gasteiger partial charge in [-0.15, -0.1) is 0 Å². The first kappa shape index (κ1) is 16.4. The number of methoxy groups -OCH3 is 1.